The maximum absolute atomic E-state index is 13.7. The molecule has 0 aliphatic carbocycles. The molecule has 35 heavy (non-hydrogen) atoms. The predicted molar refractivity (Wildman–Crippen MR) is 129 cm³/mol. The Morgan fingerprint density at radius 2 is 1.97 bits per heavy atom. The zero-order valence-electron chi connectivity index (χ0n) is 18.7. The van der Waals surface area contributed by atoms with E-state index in [1.807, 2.05) is 6.07 Å². The molecule has 2 aromatic carbocycles. The molecule has 0 fully saturated rings. The van der Waals surface area contributed by atoms with E-state index in [0.29, 0.717) is 33.1 Å². The fraction of sp³-hybridized carbons (Fsp3) is 0.167. The van der Waals surface area contributed by atoms with Gasteiger partial charge in [-0.2, -0.15) is 0 Å². The number of rotatable bonds is 6. The van der Waals surface area contributed by atoms with Crippen molar-refractivity contribution in [1.82, 2.24) is 24.6 Å². The first-order valence-corrected chi connectivity index (χ1v) is 11.1. The molecule has 9 nitrogen and oxygen atoms in total. The molecule has 178 valence electrons. The SMILES string of the molecule is C[C@@H](O)[C@@H](C)Oc1ccc2nc(C(=O)Nc3nc4cc(-c5cc(F)cc(Cl)c5)ccc4[nH]3)cn2n1. The number of benzene rings is 2. The number of ether oxygens (including phenoxy) is 1. The number of H-pyrrole nitrogens is 1. The number of hydrogen-bond acceptors (Lipinski definition) is 6. The number of amides is 1. The van der Waals surface area contributed by atoms with Crippen LogP contribution in [0.2, 0.25) is 5.02 Å². The summed E-state index contributed by atoms with van der Waals surface area (Å²) >= 11 is 5.97. The van der Waals surface area contributed by atoms with Gasteiger partial charge in [0, 0.05) is 11.1 Å². The summed E-state index contributed by atoms with van der Waals surface area (Å²) in [5, 5.41) is 16.9. The molecule has 0 saturated carbocycles. The number of carbonyl (C=O) groups is 1. The van der Waals surface area contributed by atoms with Crippen molar-refractivity contribution in [3.05, 3.63) is 71.3 Å². The number of halogens is 2. The maximum Gasteiger partial charge on any atom is 0.278 e. The van der Waals surface area contributed by atoms with Crippen LogP contribution in [0.15, 0.2) is 54.7 Å². The van der Waals surface area contributed by atoms with Gasteiger partial charge in [0.2, 0.25) is 11.8 Å². The first kappa shape index (κ1) is 22.8. The molecular weight excluding hydrogens is 475 g/mol. The average molecular weight is 495 g/mol. The van der Waals surface area contributed by atoms with Crippen LogP contribution >= 0.6 is 11.6 Å². The van der Waals surface area contributed by atoms with Gasteiger partial charge < -0.3 is 14.8 Å². The first-order chi connectivity index (χ1) is 16.7. The van der Waals surface area contributed by atoms with Crippen molar-refractivity contribution >= 4 is 40.1 Å². The number of nitrogens with one attached hydrogen (secondary N) is 2. The molecule has 3 aromatic heterocycles. The summed E-state index contributed by atoms with van der Waals surface area (Å²) in [6.07, 6.45) is 0.361. The van der Waals surface area contributed by atoms with Crippen LogP contribution in [0.1, 0.15) is 24.3 Å². The fourth-order valence-electron chi connectivity index (χ4n) is 3.46. The number of aromatic amines is 1. The molecule has 0 bridgehead atoms. The Morgan fingerprint density at radius 1 is 1.14 bits per heavy atom. The normalized spacial score (nSPS) is 13.2. The number of imidazole rings is 2. The fourth-order valence-corrected chi connectivity index (χ4v) is 3.68. The van der Waals surface area contributed by atoms with Crippen LogP contribution in [0.4, 0.5) is 10.3 Å². The number of hydrogen-bond donors (Lipinski definition) is 3. The quantitative estimate of drug-likeness (QED) is 0.321. The van der Waals surface area contributed by atoms with Gasteiger partial charge in [0.15, 0.2) is 5.65 Å². The van der Waals surface area contributed by atoms with Crippen LogP contribution in [0.25, 0.3) is 27.8 Å². The second-order valence-electron chi connectivity index (χ2n) is 8.09. The Balaban J connectivity index is 1.36. The molecule has 0 saturated heterocycles. The summed E-state index contributed by atoms with van der Waals surface area (Å²) in [7, 11) is 0. The number of carbonyl (C=O) groups excluding carboxylic acids is 1. The molecular formula is C24H20ClFN6O3. The highest BCUT2D eigenvalue weighted by molar-refractivity contribution is 6.30. The monoisotopic (exact) mass is 494 g/mol. The van der Waals surface area contributed by atoms with Crippen LogP contribution < -0.4 is 10.1 Å². The van der Waals surface area contributed by atoms with E-state index in [-0.39, 0.29) is 11.6 Å². The van der Waals surface area contributed by atoms with Gasteiger partial charge in [-0.3, -0.25) is 10.1 Å². The van der Waals surface area contributed by atoms with Crippen LogP contribution in [0.3, 0.4) is 0 Å². The first-order valence-electron chi connectivity index (χ1n) is 10.7. The number of aliphatic hydroxyl groups is 1. The third-order valence-corrected chi connectivity index (χ3v) is 5.64. The summed E-state index contributed by atoms with van der Waals surface area (Å²) < 4.78 is 20.7. The van der Waals surface area contributed by atoms with E-state index < -0.39 is 23.9 Å². The highest BCUT2D eigenvalue weighted by atomic mass is 35.5. The second kappa shape index (κ2) is 8.97. The van der Waals surface area contributed by atoms with E-state index in [0.717, 1.165) is 5.56 Å². The summed E-state index contributed by atoms with van der Waals surface area (Å²) in [5.41, 5.74) is 3.22. The molecule has 0 aliphatic heterocycles. The lowest BCUT2D eigenvalue weighted by Crippen LogP contribution is -2.26. The molecule has 1 amide bonds. The van der Waals surface area contributed by atoms with Crippen molar-refractivity contribution in [3.63, 3.8) is 0 Å². The van der Waals surface area contributed by atoms with Crippen molar-refractivity contribution in [2.75, 3.05) is 5.32 Å². The van der Waals surface area contributed by atoms with Crippen LogP contribution in [0.5, 0.6) is 5.88 Å². The third-order valence-electron chi connectivity index (χ3n) is 5.43. The lowest BCUT2D eigenvalue weighted by atomic mass is 10.1. The molecule has 3 N–H and O–H groups in total. The van der Waals surface area contributed by atoms with Gasteiger partial charge in [-0.25, -0.2) is 18.9 Å². The molecule has 2 atom stereocenters. The zero-order chi connectivity index (χ0) is 24.7. The van der Waals surface area contributed by atoms with E-state index >= 15 is 0 Å². The van der Waals surface area contributed by atoms with Crippen molar-refractivity contribution in [1.29, 1.82) is 0 Å². The Morgan fingerprint density at radius 3 is 2.74 bits per heavy atom. The molecule has 11 heteroatoms. The standard InChI is InChI=1S/C24H20ClFN6O3/c1-12(33)13(2)35-22-6-5-21-27-20(11-32(21)31-22)23(34)30-24-28-18-4-3-14(9-19(18)29-24)15-7-16(25)10-17(26)8-15/h3-13,33H,1-2H3,(H2,28,29,30,34)/t12-,13-/m1/s1. The highest BCUT2D eigenvalue weighted by Gasteiger charge is 2.16. The largest absolute Gasteiger partial charge is 0.471 e. The number of fused-ring (bicyclic) bond motifs is 2. The topological polar surface area (TPSA) is 117 Å². The second-order valence-corrected chi connectivity index (χ2v) is 8.53. The number of aromatic nitrogens is 5. The van der Waals surface area contributed by atoms with Gasteiger partial charge in [0.05, 0.1) is 23.3 Å². The lowest BCUT2D eigenvalue weighted by molar-refractivity contribution is 0.0566. The van der Waals surface area contributed by atoms with Gasteiger partial charge in [-0.15, -0.1) is 5.10 Å². The molecule has 5 rings (SSSR count). The van der Waals surface area contributed by atoms with Crippen LogP contribution in [-0.2, 0) is 0 Å². The Kier molecular flexibility index (Phi) is 5.83. The van der Waals surface area contributed by atoms with E-state index in [4.69, 9.17) is 16.3 Å². The molecule has 3 heterocycles. The Hall–Kier alpha value is -4.02. The van der Waals surface area contributed by atoms with E-state index in [1.165, 1.54) is 22.8 Å². The molecule has 0 radical (unpaired) electrons. The average Bonchev–Trinajstić information content (AvgIpc) is 3.40. The van der Waals surface area contributed by atoms with E-state index in [9.17, 15) is 14.3 Å². The van der Waals surface area contributed by atoms with E-state index in [1.54, 1.807) is 44.2 Å². The van der Waals surface area contributed by atoms with Crippen molar-refractivity contribution in [2.24, 2.45) is 0 Å². The van der Waals surface area contributed by atoms with Crippen molar-refractivity contribution in [3.8, 4) is 17.0 Å². The van der Waals surface area contributed by atoms with Gasteiger partial charge in [-0.05, 0) is 61.4 Å². The lowest BCUT2D eigenvalue weighted by Gasteiger charge is -2.15. The summed E-state index contributed by atoms with van der Waals surface area (Å²) in [6, 6.07) is 12.9. The minimum atomic E-state index is -0.664. The van der Waals surface area contributed by atoms with Gasteiger partial charge in [0.25, 0.3) is 5.91 Å². The van der Waals surface area contributed by atoms with Crippen LogP contribution in [-0.4, -0.2) is 47.8 Å². The van der Waals surface area contributed by atoms with Crippen LogP contribution in [0, 0.1) is 5.82 Å². The van der Waals surface area contributed by atoms with Crippen molar-refractivity contribution in [2.45, 2.75) is 26.1 Å². The zero-order valence-corrected chi connectivity index (χ0v) is 19.4. The summed E-state index contributed by atoms with van der Waals surface area (Å²) in [5.74, 6) is -0.380. The van der Waals surface area contributed by atoms with E-state index in [2.05, 4.69) is 25.4 Å². The van der Waals surface area contributed by atoms with Gasteiger partial charge in [-0.1, -0.05) is 17.7 Å². The van der Waals surface area contributed by atoms with Gasteiger partial charge in [0.1, 0.15) is 17.6 Å². The summed E-state index contributed by atoms with van der Waals surface area (Å²) in [4.78, 5) is 24.5. The molecule has 0 aliphatic rings. The smallest absolute Gasteiger partial charge is 0.278 e. The molecule has 0 spiro atoms. The maximum atomic E-state index is 13.7. The Bertz CT molecular complexity index is 1540. The molecule has 5 aromatic rings. The minimum Gasteiger partial charge on any atom is -0.471 e. The Labute approximate surface area is 203 Å². The number of anilines is 1. The minimum absolute atomic E-state index is 0.133. The van der Waals surface area contributed by atoms with Crippen molar-refractivity contribution < 1.29 is 19.0 Å². The summed E-state index contributed by atoms with van der Waals surface area (Å²) in [6.45, 7) is 3.35. The third kappa shape index (κ3) is 4.79. The number of nitrogens with zero attached hydrogens (tertiary/aromatic N) is 4. The number of aliphatic hydroxyl groups excluding tert-OH is 1. The molecule has 0 unspecified atom stereocenters. The predicted octanol–water partition coefficient (Wildman–Crippen LogP) is 4.47. The highest BCUT2D eigenvalue weighted by Crippen LogP contribution is 2.27. The van der Waals surface area contributed by atoms with Gasteiger partial charge >= 0.3 is 0 Å².